The maximum absolute atomic E-state index is 12.2. The minimum Gasteiger partial charge on any atom is -0.273 e. The molecular weight excluding hydrogens is 376 g/mol. The van der Waals surface area contributed by atoms with Crippen LogP contribution in [0.3, 0.4) is 0 Å². The fraction of sp³-hybridized carbons (Fsp3) is 0.154. The first-order valence-electron chi connectivity index (χ1n) is 5.94. The third-order valence-electron chi connectivity index (χ3n) is 2.72. The minimum atomic E-state index is -3.79. The zero-order chi connectivity index (χ0) is 15.6. The van der Waals surface area contributed by atoms with Gasteiger partial charge in [0.25, 0.3) is 15.9 Å². The summed E-state index contributed by atoms with van der Waals surface area (Å²) in [6.45, 7) is 3.59. The fourth-order valence-corrected chi connectivity index (χ4v) is 4.12. The average Bonchev–Trinajstić information content (AvgIpc) is 2.82. The monoisotopic (exact) mass is 388 g/mol. The van der Waals surface area contributed by atoms with Gasteiger partial charge in [0.1, 0.15) is 0 Å². The predicted octanol–water partition coefficient (Wildman–Crippen LogP) is 2.75. The first-order chi connectivity index (χ1) is 9.79. The molecule has 0 spiro atoms. The first kappa shape index (κ1) is 16.2. The van der Waals surface area contributed by atoms with E-state index in [1.807, 2.05) is 6.92 Å². The number of rotatable bonds is 4. The summed E-state index contributed by atoms with van der Waals surface area (Å²) in [5, 5.41) is 0. The number of carbonyl (C=O) groups is 1. The lowest BCUT2D eigenvalue weighted by Crippen LogP contribution is -2.41. The highest BCUT2D eigenvalue weighted by atomic mass is 79.9. The van der Waals surface area contributed by atoms with Gasteiger partial charge < -0.3 is 0 Å². The molecule has 8 heteroatoms. The second-order valence-electron chi connectivity index (χ2n) is 4.43. The van der Waals surface area contributed by atoms with E-state index in [1.54, 1.807) is 31.2 Å². The highest BCUT2D eigenvalue weighted by Crippen LogP contribution is 2.22. The van der Waals surface area contributed by atoms with E-state index in [-0.39, 0.29) is 4.90 Å². The number of hydrogen-bond acceptors (Lipinski definition) is 4. The zero-order valence-corrected chi connectivity index (χ0v) is 14.5. The van der Waals surface area contributed by atoms with Crippen molar-refractivity contribution in [1.29, 1.82) is 0 Å². The number of hydrogen-bond donors (Lipinski definition) is 2. The molecule has 0 saturated heterocycles. The number of halogens is 1. The molecule has 1 heterocycles. The van der Waals surface area contributed by atoms with Gasteiger partial charge in [-0.2, -0.15) is 0 Å². The Morgan fingerprint density at radius 2 is 1.90 bits per heavy atom. The number of carbonyl (C=O) groups excluding carboxylic acids is 1. The molecule has 0 aliphatic rings. The SMILES string of the molecule is Cc1ccc(S(=O)(=O)NNC(=O)c2ccc(Br)s2)c(C)c1. The molecule has 2 aromatic rings. The lowest BCUT2D eigenvalue weighted by molar-refractivity contribution is 0.0949. The number of nitrogens with one attached hydrogen (secondary N) is 2. The van der Waals surface area contributed by atoms with Gasteiger partial charge in [-0.3, -0.25) is 10.2 Å². The molecule has 0 unspecified atom stereocenters. The van der Waals surface area contributed by atoms with E-state index >= 15 is 0 Å². The van der Waals surface area contributed by atoms with Crippen molar-refractivity contribution in [3.63, 3.8) is 0 Å². The summed E-state index contributed by atoms with van der Waals surface area (Å²) >= 11 is 4.46. The molecule has 0 aliphatic carbocycles. The number of thiophene rings is 1. The normalized spacial score (nSPS) is 11.4. The molecule has 1 amide bonds. The van der Waals surface area contributed by atoms with Gasteiger partial charge in [-0.05, 0) is 53.5 Å². The lowest BCUT2D eigenvalue weighted by atomic mass is 10.2. The van der Waals surface area contributed by atoms with Crippen LogP contribution in [0.25, 0.3) is 0 Å². The molecule has 0 atom stereocenters. The van der Waals surface area contributed by atoms with Gasteiger partial charge >= 0.3 is 0 Å². The summed E-state index contributed by atoms with van der Waals surface area (Å²) in [4.78, 5) is 14.5. The van der Waals surface area contributed by atoms with Crippen molar-refractivity contribution >= 4 is 43.2 Å². The summed E-state index contributed by atoms with van der Waals surface area (Å²) in [5.74, 6) is -0.501. The first-order valence-corrected chi connectivity index (χ1v) is 9.03. The highest BCUT2D eigenvalue weighted by Gasteiger charge is 2.18. The van der Waals surface area contributed by atoms with E-state index in [4.69, 9.17) is 0 Å². The van der Waals surface area contributed by atoms with Gasteiger partial charge in [0, 0.05) is 0 Å². The van der Waals surface area contributed by atoms with Gasteiger partial charge in [0.05, 0.1) is 13.6 Å². The van der Waals surface area contributed by atoms with Crippen molar-refractivity contribution in [2.24, 2.45) is 0 Å². The summed E-state index contributed by atoms with van der Waals surface area (Å²) in [7, 11) is -3.79. The molecule has 1 aromatic heterocycles. The van der Waals surface area contributed by atoms with E-state index in [2.05, 4.69) is 26.2 Å². The molecule has 0 aliphatic heterocycles. The van der Waals surface area contributed by atoms with Crippen molar-refractivity contribution < 1.29 is 13.2 Å². The average molecular weight is 389 g/mol. The molecule has 2 rings (SSSR count). The van der Waals surface area contributed by atoms with Gasteiger partial charge in [-0.1, -0.05) is 17.7 Å². The molecule has 2 N–H and O–H groups in total. The van der Waals surface area contributed by atoms with Crippen LogP contribution in [-0.2, 0) is 10.0 Å². The second-order valence-corrected chi connectivity index (χ2v) is 8.55. The van der Waals surface area contributed by atoms with Crippen LogP contribution in [0.5, 0.6) is 0 Å². The van der Waals surface area contributed by atoms with E-state index in [1.165, 1.54) is 17.4 Å². The molecule has 0 fully saturated rings. The van der Waals surface area contributed by atoms with Crippen LogP contribution >= 0.6 is 27.3 Å². The molecule has 5 nitrogen and oxygen atoms in total. The van der Waals surface area contributed by atoms with Crippen LogP contribution in [-0.4, -0.2) is 14.3 Å². The number of amides is 1. The van der Waals surface area contributed by atoms with Crippen LogP contribution in [0.4, 0.5) is 0 Å². The second kappa shape index (κ2) is 6.27. The largest absolute Gasteiger partial charge is 0.276 e. The van der Waals surface area contributed by atoms with Gasteiger partial charge in [-0.15, -0.1) is 16.2 Å². The Hall–Kier alpha value is -1.22. The van der Waals surface area contributed by atoms with Crippen LogP contribution in [0.2, 0.25) is 0 Å². The zero-order valence-electron chi connectivity index (χ0n) is 11.3. The maximum Gasteiger partial charge on any atom is 0.276 e. The summed E-state index contributed by atoms with van der Waals surface area (Å²) in [6.07, 6.45) is 0. The highest BCUT2D eigenvalue weighted by molar-refractivity contribution is 9.11. The molecule has 0 radical (unpaired) electrons. The van der Waals surface area contributed by atoms with Crippen molar-refractivity contribution in [1.82, 2.24) is 10.3 Å². The standard InChI is InChI=1S/C13H13BrN2O3S2/c1-8-3-5-11(9(2)7-8)21(18,19)16-15-13(17)10-4-6-12(14)20-10/h3-7,16H,1-2H3,(H,15,17). The number of sulfonamides is 1. The van der Waals surface area contributed by atoms with E-state index < -0.39 is 15.9 Å². The van der Waals surface area contributed by atoms with E-state index in [0.29, 0.717) is 10.4 Å². The Labute approximate surface area is 135 Å². The van der Waals surface area contributed by atoms with Crippen LogP contribution in [0, 0.1) is 13.8 Å². The van der Waals surface area contributed by atoms with Gasteiger partial charge in [-0.25, -0.2) is 8.42 Å². The van der Waals surface area contributed by atoms with Gasteiger partial charge in [0.2, 0.25) is 0 Å². The Morgan fingerprint density at radius 3 is 2.48 bits per heavy atom. The topological polar surface area (TPSA) is 75.3 Å². The molecule has 1 aromatic carbocycles. The molecule has 0 saturated carbocycles. The van der Waals surface area contributed by atoms with Crippen LogP contribution in [0.1, 0.15) is 20.8 Å². The van der Waals surface area contributed by atoms with E-state index in [9.17, 15) is 13.2 Å². The van der Waals surface area contributed by atoms with Crippen molar-refractivity contribution in [3.8, 4) is 0 Å². The Morgan fingerprint density at radius 1 is 1.19 bits per heavy atom. The molecule has 0 bridgehead atoms. The third kappa shape index (κ3) is 3.91. The summed E-state index contributed by atoms with van der Waals surface area (Å²) in [6, 6.07) is 8.32. The number of aryl methyl sites for hydroxylation is 2. The predicted molar refractivity (Wildman–Crippen MR) is 85.7 cm³/mol. The quantitative estimate of drug-likeness (QED) is 0.790. The van der Waals surface area contributed by atoms with Crippen LogP contribution < -0.4 is 10.3 Å². The van der Waals surface area contributed by atoms with Crippen molar-refractivity contribution in [2.45, 2.75) is 18.7 Å². The van der Waals surface area contributed by atoms with Crippen LogP contribution in [0.15, 0.2) is 39.0 Å². The Bertz CT molecular complexity index is 784. The third-order valence-corrected chi connectivity index (χ3v) is 5.75. The Balaban J connectivity index is 2.13. The number of benzene rings is 1. The lowest BCUT2D eigenvalue weighted by Gasteiger charge is -2.10. The van der Waals surface area contributed by atoms with Crippen molar-refractivity contribution in [2.75, 3.05) is 0 Å². The Kier molecular flexibility index (Phi) is 4.82. The maximum atomic E-state index is 12.2. The molecule has 112 valence electrons. The minimum absolute atomic E-state index is 0.140. The summed E-state index contributed by atoms with van der Waals surface area (Å²) < 4.78 is 25.1. The molecular formula is C13H13BrN2O3S2. The van der Waals surface area contributed by atoms with E-state index in [0.717, 1.165) is 9.35 Å². The number of hydrazine groups is 1. The fourth-order valence-electron chi connectivity index (χ4n) is 1.77. The van der Waals surface area contributed by atoms with Gasteiger partial charge in [0.15, 0.2) is 0 Å². The van der Waals surface area contributed by atoms with Crippen molar-refractivity contribution in [3.05, 3.63) is 50.1 Å². The summed E-state index contributed by atoms with van der Waals surface area (Å²) in [5.41, 5.74) is 3.80. The molecule has 21 heavy (non-hydrogen) atoms. The smallest absolute Gasteiger partial charge is 0.273 e.